The van der Waals surface area contributed by atoms with Gasteiger partial charge in [-0.2, -0.15) is 0 Å². The minimum absolute atomic E-state index is 0.00972. The molecule has 0 aromatic heterocycles. The molecule has 1 aromatic rings. The van der Waals surface area contributed by atoms with E-state index in [9.17, 15) is 9.59 Å². The summed E-state index contributed by atoms with van der Waals surface area (Å²) in [6, 6.07) is 6.68. The lowest BCUT2D eigenvalue weighted by atomic mass is 10.2. The molecule has 1 aromatic carbocycles. The molecule has 2 N–H and O–H groups in total. The number of hydrogen-bond donors (Lipinski definition) is 2. The highest BCUT2D eigenvalue weighted by Gasteiger charge is 2.05. The molecule has 0 spiro atoms. The molecular formula is C11H14N2O3. The van der Waals surface area contributed by atoms with Gasteiger partial charge < -0.3 is 15.4 Å². The molecule has 0 aliphatic carbocycles. The van der Waals surface area contributed by atoms with Gasteiger partial charge in [0.05, 0.1) is 0 Å². The van der Waals surface area contributed by atoms with Crippen LogP contribution in [0.5, 0.6) is 0 Å². The van der Waals surface area contributed by atoms with Crippen molar-refractivity contribution in [1.29, 1.82) is 0 Å². The number of anilines is 1. The van der Waals surface area contributed by atoms with E-state index in [0.29, 0.717) is 11.3 Å². The third kappa shape index (κ3) is 3.36. The summed E-state index contributed by atoms with van der Waals surface area (Å²) in [6.07, 6.45) is 0. The van der Waals surface area contributed by atoms with Gasteiger partial charge in [0.1, 0.15) is 6.61 Å². The van der Waals surface area contributed by atoms with Crippen molar-refractivity contribution in [2.75, 3.05) is 26.1 Å². The molecule has 1 rings (SSSR count). The molecule has 0 saturated heterocycles. The summed E-state index contributed by atoms with van der Waals surface area (Å²) in [5, 5.41) is 5.13. The van der Waals surface area contributed by atoms with Crippen molar-refractivity contribution in [3.05, 3.63) is 29.8 Å². The summed E-state index contributed by atoms with van der Waals surface area (Å²) < 4.78 is 4.68. The van der Waals surface area contributed by atoms with E-state index in [2.05, 4.69) is 15.4 Å². The smallest absolute Gasteiger partial charge is 0.251 e. The number of ether oxygens (including phenoxy) is 1. The first-order chi connectivity index (χ1) is 7.67. The van der Waals surface area contributed by atoms with Gasteiger partial charge in [0.15, 0.2) is 0 Å². The molecule has 5 nitrogen and oxygen atoms in total. The fourth-order valence-electron chi connectivity index (χ4n) is 1.21. The number of carbonyl (C=O) groups is 2. The van der Waals surface area contributed by atoms with Crippen molar-refractivity contribution in [2.45, 2.75) is 0 Å². The Kier molecular flexibility index (Phi) is 4.47. The summed E-state index contributed by atoms with van der Waals surface area (Å²) >= 11 is 0. The summed E-state index contributed by atoms with van der Waals surface area (Å²) in [5.74, 6) is -0.445. The molecule has 0 saturated carbocycles. The number of carbonyl (C=O) groups excluding carboxylic acids is 2. The predicted molar refractivity (Wildman–Crippen MR) is 60.3 cm³/mol. The second kappa shape index (κ2) is 5.87. The predicted octanol–water partition coefficient (Wildman–Crippen LogP) is 0.631. The lowest BCUT2D eigenvalue weighted by molar-refractivity contribution is -0.119. The quantitative estimate of drug-likeness (QED) is 0.785. The van der Waals surface area contributed by atoms with E-state index in [1.54, 1.807) is 31.3 Å². The Labute approximate surface area is 93.8 Å². The Morgan fingerprint density at radius 1 is 1.38 bits per heavy atom. The van der Waals surface area contributed by atoms with E-state index < -0.39 is 0 Å². The Bertz CT molecular complexity index is 391. The van der Waals surface area contributed by atoms with Crippen LogP contribution in [0.2, 0.25) is 0 Å². The molecule has 0 radical (unpaired) electrons. The van der Waals surface area contributed by atoms with Crippen molar-refractivity contribution < 1.29 is 14.3 Å². The lowest BCUT2D eigenvalue weighted by Gasteiger charge is -2.06. The van der Waals surface area contributed by atoms with Crippen molar-refractivity contribution in [3.63, 3.8) is 0 Å². The SMILES string of the molecule is CNC(=O)c1cccc(NC(=O)COC)c1. The van der Waals surface area contributed by atoms with Crippen LogP contribution in [0.15, 0.2) is 24.3 Å². The molecule has 0 aliphatic rings. The third-order valence-corrected chi connectivity index (χ3v) is 1.91. The van der Waals surface area contributed by atoms with Gasteiger partial charge in [0.2, 0.25) is 5.91 Å². The standard InChI is InChI=1S/C11H14N2O3/c1-12-11(15)8-4-3-5-9(6-8)13-10(14)7-16-2/h3-6H,7H2,1-2H3,(H,12,15)(H,13,14). The number of rotatable bonds is 4. The number of nitrogens with one attached hydrogen (secondary N) is 2. The van der Waals surface area contributed by atoms with E-state index in [-0.39, 0.29) is 18.4 Å². The summed E-state index contributed by atoms with van der Waals surface area (Å²) in [4.78, 5) is 22.6. The Morgan fingerprint density at radius 3 is 2.75 bits per heavy atom. The van der Waals surface area contributed by atoms with Crippen LogP contribution in [0.4, 0.5) is 5.69 Å². The van der Waals surface area contributed by atoms with Crippen LogP contribution in [0.3, 0.4) is 0 Å². The van der Waals surface area contributed by atoms with Crippen LogP contribution in [-0.2, 0) is 9.53 Å². The first-order valence-electron chi connectivity index (χ1n) is 4.78. The molecule has 5 heteroatoms. The topological polar surface area (TPSA) is 67.4 Å². The van der Waals surface area contributed by atoms with E-state index in [4.69, 9.17) is 0 Å². The summed E-state index contributed by atoms with van der Waals surface area (Å²) in [7, 11) is 3.00. The normalized spacial score (nSPS) is 9.62. The van der Waals surface area contributed by atoms with Crippen LogP contribution >= 0.6 is 0 Å². The van der Waals surface area contributed by atoms with Gasteiger partial charge in [-0.15, -0.1) is 0 Å². The zero-order valence-electron chi connectivity index (χ0n) is 9.24. The molecular weight excluding hydrogens is 208 g/mol. The van der Waals surface area contributed by atoms with Crippen molar-refractivity contribution in [2.24, 2.45) is 0 Å². The average molecular weight is 222 g/mol. The number of benzene rings is 1. The van der Waals surface area contributed by atoms with E-state index in [0.717, 1.165) is 0 Å². The molecule has 2 amide bonds. The Hall–Kier alpha value is -1.88. The Morgan fingerprint density at radius 2 is 2.12 bits per heavy atom. The van der Waals surface area contributed by atoms with Gasteiger partial charge in [0, 0.05) is 25.4 Å². The molecule has 0 atom stereocenters. The number of methoxy groups -OCH3 is 1. The maximum atomic E-state index is 11.3. The van der Waals surface area contributed by atoms with Crippen molar-refractivity contribution >= 4 is 17.5 Å². The lowest BCUT2D eigenvalue weighted by Crippen LogP contribution is -2.19. The molecule has 86 valence electrons. The minimum atomic E-state index is -0.253. The molecule has 0 heterocycles. The second-order valence-electron chi connectivity index (χ2n) is 3.14. The fraction of sp³-hybridized carbons (Fsp3) is 0.273. The van der Waals surface area contributed by atoms with E-state index in [1.165, 1.54) is 7.11 Å². The Balaban J connectivity index is 2.74. The van der Waals surface area contributed by atoms with Crippen LogP contribution in [0.1, 0.15) is 10.4 Å². The van der Waals surface area contributed by atoms with E-state index >= 15 is 0 Å². The zero-order chi connectivity index (χ0) is 12.0. The molecule has 0 aliphatic heterocycles. The van der Waals surface area contributed by atoms with Gasteiger partial charge in [0.25, 0.3) is 5.91 Å². The van der Waals surface area contributed by atoms with Gasteiger partial charge in [-0.3, -0.25) is 9.59 Å². The van der Waals surface area contributed by atoms with Crippen LogP contribution in [-0.4, -0.2) is 32.6 Å². The first-order valence-corrected chi connectivity index (χ1v) is 4.78. The fourth-order valence-corrected chi connectivity index (χ4v) is 1.21. The maximum absolute atomic E-state index is 11.3. The number of hydrogen-bond acceptors (Lipinski definition) is 3. The van der Waals surface area contributed by atoms with Gasteiger partial charge in [-0.05, 0) is 18.2 Å². The third-order valence-electron chi connectivity index (χ3n) is 1.91. The zero-order valence-corrected chi connectivity index (χ0v) is 9.24. The van der Waals surface area contributed by atoms with Gasteiger partial charge in [-0.25, -0.2) is 0 Å². The molecule has 0 bridgehead atoms. The highest BCUT2D eigenvalue weighted by molar-refractivity contribution is 5.97. The van der Waals surface area contributed by atoms with E-state index in [1.807, 2.05) is 0 Å². The monoisotopic (exact) mass is 222 g/mol. The summed E-state index contributed by atoms with van der Waals surface area (Å²) in [6.45, 7) is -0.00972. The molecule has 16 heavy (non-hydrogen) atoms. The first kappa shape index (κ1) is 12.2. The highest BCUT2D eigenvalue weighted by Crippen LogP contribution is 2.10. The van der Waals surface area contributed by atoms with Crippen molar-refractivity contribution in [3.8, 4) is 0 Å². The average Bonchev–Trinajstić information content (AvgIpc) is 2.28. The number of amides is 2. The van der Waals surface area contributed by atoms with Gasteiger partial charge >= 0.3 is 0 Å². The molecule has 0 unspecified atom stereocenters. The van der Waals surface area contributed by atoms with Crippen molar-refractivity contribution in [1.82, 2.24) is 5.32 Å². The van der Waals surface area contributed by atoms with Gasteiger partial charge in [-0.1, -0.05) is 6.07 Å². The van der Waals surface area contributed by atoms with Crippen LogP contribution < -0.4 is 10.6 Å². The molecule has 0 fully saturated rings. The maximum Gasteiger partial charge on any atom is 0.251 e. The minimum Gasteiger partial charge on any atom is -0.375 e. The largest absolute Gasteiger partial charge is 0.375 e. The van der Waals surface area contributed by atoms with Crippen LogP contribution in [0.25, 0.3) is 0 Å². The van der Waals surface area contributed by atoms with Crippen LogP contribution in [0, 0.1) is 0 Å². The summed E-state index contributed by atoms with van der Waals surface area (Å²) in [5.41, 5.74) is 1.07. The second-order valence-corrected chi connectivity index (χ2v) is 3.14. The highest BCUT2D eigenvalue weighted by atomic mass is 16.5.